The largest absolute Gasteiger partial charge is 0.490 e. The van der Waals surface area contributed by atoms with Crippen LogP contribution in [0.15, 0.2) is 67.0 Å². The number of hydrogen-bond donors (Lipinski definition) is 3. The number of pyridine rings is 1. The fourth-order valence-electron chi connectivity index (χ4n) is 4.14. The molecule has 4 rings (SSSR count). The van der Waals surface area contributed by atoms with Crippen molar-refractivity contribution in [3.8, 4) is 23.1 Å². The number of carbonyl (C=O) groups is 2. The summed E-state index contributed by atoms with van der Waals surface area (Å²) >= 11 is 0. The summed E-state index contributed by atoms with van der Waals surface area (Å²) in [7, 11) is 0. The van der Waals surface area contributed by atoms with Crippen molar-refractivity contribution in [3.05, 3.63) is 89.2 Å². The van der Waals surface area contributed by atoms with Crippen LogP contribution in [-0.4, -0.2) is 45.1 Å². The van der Waals surface area contributed by atoms with Gasteiger partial charge in [0.15, 0.2) is 0 Å². The van der Waals surface area contributed by atoms with E-state index in [0.717, 1.165) is 16.8 Å². The topological polar surface area (TPSA) is 143 Å². The van der Waals surface area contributed by atoms with Gasteiger partial charge in [0.25, 0.3) is 5.91 Å². The van der Waals surface area contributed by atoms with E-state index in [4.69, 9.17) is 10.5 Å². The second-order valence-corrected chi connectivity index (χ2v) is 9.24. The Kier molecular flexibility index (Phi) is 8.04. The van der Waals surface area contributed by atoms with Gasteiger partial charge in [-0.05, 0) is 62.6 Å². The lowest BCUT2D eigenvalue weighted by atomic mass is 10.0. The number of amides is 2. The fourth-order valence-corrected chi connectivity index (χ4v) is 4.14. The standard InChI is InChI=1S/C29H29N5O4/c1-18(2)38-26-8-7-22(14-23(26)16-30)29(37)32-24(10-12-35)13-19-3-5-20(6-4-19)25-17-34-11-9-21(28(31)36)15-27(34)33-25/h3-9,11,14-15,17-18,24,35H,10,12-13H2,1-2H3,(H2,31,36)(H,32,37)/t24-/m1/s1. The number of fused-ring (bicyclic) bond motifs is 1. The Morgan fingerprint density at radius 2 is 1.89 bits per heavy atom. The second-order valence-electron chi connectivity index (χ2n) is 9.24. The van der Waals surface area contributed by atoms with Gasteiger partial charge < -0.3 is 25.3 Å². The highest BCUT2D eigenvalue weighted by Gasteiger charge is 2.17. The molecule has 2 aromatic carbocycles. The van der Waals surface area contributed by atoms with Crippen LogP contribution < -0.4 is 15.8 Å². The SMILES string of the molecule is CC(C)Oc1ccc(C(=O)N[C@H](CCO)Cc2ccc(-c3cn4ccc(C(N)=O)cc4n3)cc2)cc1C#N. The third-order valence-electron chi connectivity index (χ3n) is 6.01. The Morgan fingerprint density at radius 3 is 2.55 bits per heavy atom. The molecule has 4 N–H and O–H groups in total. The van der Waals surface area contributed by atoms with Gasteiger partial charge in [-0.1, -0.05) is 24.3 Å². The number of nitrogens with one attached hydrogen (secondary N) is 1. The highest BCUT2D eigenvalue weighted by atomic mass is 16.5. The molecule has 0 spiro atoms. The van der Waals surface area contributed by atoms with E-state index >= 15 is 0 Å². The molecule has 2 heterocycles. The smallest absolute Gasteiger partial charge is 0.251 e. The number of imidazole rings is 1. The number of hydrogen-bond acceptors (Lipinski definition) is 6. The van der Waals surface area contributed by atoms with Crippen LogP contribution in [0.5, 0.6) is 5.75 Å². The van der Waals surface area contributed by atoms with Gasteiger partial charge in [0, 0.05) is 41.7 Å². The van der Waals surface area contributed by atoms with E-state index in [-0.39, 0.29) is 24.7 Å². The summed E-state index contributed by atoms with van der Waals surface area (Å²) in [5, 5.41) is 22.0. The summed E-state index contributed by atoms with van der Waals surface area (Å²) in [5.74, 6) is -0.397. The van der Waals surface area contributed by atoms with Crippen molar-refractivity contribution >= 4 is 17.5 Å². The summed E-state index contributed by atoms with van der Waals surface area (Å²) in [6.07, 6.45) is 4.41. The number of nitrogens with zero attached hydrogens (tertiary/aromatic N) is 3. The van der Waals surface area contributed by atoms with E-state index in [9.17, 15) is 20.0 Å². The van der Waals surface area contributed by atoms with Gasteiger partial charge in [0.2, 0.25) is 5.91 Å². The lowest BCUT2D eigenvalue weighted by molar-refractivity contribution is 0.0929. The van der Waals surface area contributed by atoms with Crippen LogP contribution in [-0.2, 0) is 6.42 Å². The number of primary amides is 1. The first kappa shape index (κ1) is 26.4. The number of aliphatic hydroxyl groups excluding tert-OH is 1. The van der Waals surface area contributed by atoms with Crippen molar-refractivity contribution in [2.24, 2.45) is 5.73 Å². The zero-order valence-corrected chi connectivity index (χ0v) is 21.2. The van der Waals surface area contributed by atoms with Crippen molar-refractivity contribution in [2.45, 2.75) is 38.8 Å². The molecule has 0 aliphatic heterocycles. The minimum absolute atomic E-state index is 0.0812. The molecule has 0 fully saturated rings. The van der Waals surface area contributed by atoms with Gasteiger partial charge in [-0.15, -0.1) is 0 Å². The molecule has 194 valence electrons. The number of nitriles is 1. The number of aliphatic hydroxyl groups is 1. The number of carbonyl (C=O) groups excluding carboxylic acids is 2. The van der Waals surface area contributed by atoms with Crippen LogP contribution in [0.2, 0.25) is 0 Å². The highest BCUT2D eigenvalue weighted by molar-refractivity contribution is 5.95. The maximum absolute atomic E-state index is 12.9. The molecule has 0 saturated heterocycles. The second kappa shape index (κ2) is 11.6. The Bertz CT molecular complexity index is 1500. The Labute approximate surface area is 220 Å². The fraction of sp³-hybridized carbons (Fsp3) is 0.241. The van der Waals surface area contributed by atoms with Crippen molar-refractivity contribution in [1.82, 2.24) is 14.7 Å². The Balaban J connectivity index is 1.46. The van der Waals surface area contributed by atoms with E-state index in [1.165, 1.54) is 6.07 Å². The first-order chi connectivity index (χ1) is 18.3. The minimum atomic E-state index is -0.506. The molecule has 0 aliphatic carbocycles. The lowest BCUT2D eigenvalue weighted by Crippen LogP contribution is -2.37. The monoisotopic (exact) mass is 511 g/mol. The summed E-state index contributed by atoms with van der Waals surface area (Å²) in [6.45, 7) is 3.65. The average Bonchev–Trinajstić information content (AvgIpc) is 3.32. The van der Waals surface area contributed by atoms with E-state index in [1.54, 1.807) is 30.5 Å². The summed E-state index contributed by atoms with van der Waals surface area (Å²) < 4.78 is 7.45. The van der Waals surface area contributed by atoms with Gasteiger partial charge >= 0.3 is 0 Å². The molecule has 4 aromatic rings. The molecule has 1 atom stereocenters. The van der Waals surface area contributed by atoms with E-state index < -0.39 is 5.91 Å². The van der Waals surface area contributed by atoms with Crippen molar-refractivity contribution < 1.29 is 19.4 Å². The maximum Gasteiger partial charge on any atom is 0.251 e. The number of benzene rings is 2. The number of rotatable bonds is 10. The van der Waals surface area contributed by atoms with Crippen LogP contribution in [0.4, 0.5) is 0 Å². The average molecular weight is 512 g/mol. The Hall–Kier alpha value is -4.68. The molecule has 0 unspecified atom stereocenters. The normalized spacial score (nSPS) is 11.8. The summed E-state index contributed by atoms with van der Waals surface area (Å²) in [5.41, 5.74) is 9.64. The number of aromatic nitrogens is 2. The first-order valence-corrected chi connectivity index (χ1v) is 12.3. The van der Waals surface area contributed by atoms with Crippen molar-refractivity contribution in [2.75, 3.05) is 6.61 Å². The van der Waals surface area contributed by atoms with Gasteiger partial charge in [-0.2, -0.15) is 5.26 Å². The summed E-state index contributed by atoms with van der Waals surface area (Å²) in [6, 6.07) is 17.6. The number of nitrogens with two attached hydrogens (primary N) is 1. The van der Waals surface area contributed by atoms with Crippen LogP contribution >= 0.6 is 0 Å². The van der Waals surface area contributed by atoms with E-state index in [1.807, 2.05) is 48.7 Å². The quantitative estimate of drug-likeness (QED) is 0.297. The van der Waals surface area contributed by atoms with Crippen molar-refractivity contribution in [3.63, 3.8) is 0 Å². The number of ether oxygens (including phenoxy) is 1. The molecular weight excluding hydrogens is 482 g/mol. The predicted molar refractivity (Wildman–Crippen MR) is 143 cm³/mol. The molecular formula is C29H29N5O4. The van der Waals surface area contributed by atoms with E-state index in [2.05, 4.69) is 16.4 Å². The predicted octanol–water partition coefficient (Wildman–Crippen LogP) is 3.48. The van der Waals surface area contributed by atoms with E-state index in [0.29, 0.717) is 40.9 Å². The highest BCUT2D eigenvalue weighted by Crippen LogP contribution is 2.23. The van der Waals surface area contributed by atoms with Gasteiger partial charge in [-0.25, -0.2) is 4.98 Å². The zero-order valence-electron chi connectivity index (χ0n) is 21.2. The zero-order chi connectivity index (χ0) is 27.2. The first-order valence-electron chi connectivity index (χ1n) is 12.3. The molecule has 2 amide bonds. The molecule has 0 saturated carbocycles. The molecule has 0 radical (unpaired) electrons. The van der Waals surface area contributed by atoms with Crippen LogP contribution in [0.1, 0.15) is 52.1 Å². The summed E-state index contributed by atoms with van der Waals surface area (Å²) in [4.78, 5) is 29.0. The van der Waals surface area contributed by atoms with Crippen LogP contribution in [0.25, 0.3) is 16.9 Å². The molecule has 9 heteroatoms. The van der Waals surface area contributed by atoms with Crippen LogP contribution in [0, 0.1) is 11.3 Å². The van der Waals surface area contributed by atoms with Gasteiger partial charge in [0.05, 0.1) is 17.4 Å². The Morgan fingerprint density at radius 1 is 1.13 bits per heavy atom. The van der Waals surface area contributed by atoms with Gasteiger partial charge in [-0.3, -0.25) is 9.59 Å². The molecule has 38 heavy (non-hydrogen) atoms. The molecule has 9 nitrogen and oxygen atoms in total. The lowest BCUT2D eigenvalue weighted by Gasteiger charge is -2.19. The molecule has 0 aliphatic rings. The van der Waals surface area contributed by atoms with Gasteiger partial charge in [0.1, 0.15) is 17.5 Å². The van der Waals surface area contributed by atoms with Crippen molar-refractivity contribution in [1.29, 1.82) is 5.26 Å². The maximum atomic E-state index is 12.9. The minimum Gasteiger partial charge on any atom is -0.490 e. The molecule has 0 bridgehead atoms. The van der Waals surface area contributed by atoms with Crippen LogP contribution in [0.3, 0.4) is 0 Å². The third-order valence-corrected chi connectivity index (χ3v) is 6.01. The molecule has 2 aromatic heterocycles. The third kappa shape index (κ3) is 6.17.